The van der Waals surface area contributed by atoms with Gasteiger partial charge in [0.15, 0.2) is 0 Å². The number of nitrogens with one attached hydrogen (secondary N) is 1. The predicted octanol–water partition coefficient (Wildman–Crippen LogP) is -3.17. The van der Waals surface area contributed by atoms with Crippen LogP contribution in [0.15, 0.2) is 0 Å². The summed E-state index contributed by atoms with van der Waals surface area (Å²) in [6.07, 6.45) is 0. The van der Waals surface area contributed by atoms with Crippen LogP contribution in [0.1, 0.15) is 0 Å². The first-order chi connectivity index (χ1) is 5.95. The van der Waals surface area contributed by atoms with Crippen LogP contribution in [0.2, 0.25) is 0 Å². The smallest absolute Gasteiger partial charge is 0.307 e. The van der Waals surface area contributed by atoms with E-state index in [1.807, 2.05) is 14.1 Å². The Kier molecular flexibility index (Phi) is 2.56. The summed E-state index contributed by atoms with van der Waals surface area (Å²) < 4.78 is 0. The summed E-state index contributed by atoms with van der Waals surface area (Å²) in [7, 11) is 3.73. The Hall–Kier alpha value is -1.10. The predicted molar refractivity (Wildman–Crippen MR) is 40.8 cm³/mol. The largest absolute Gasteiger partial charge is 0.550 e. The molecule has 2 N–H and O–H groups in total. The van der Waals surface area contributed by atoms with Crippen molar-refractivity contribution < 1.29 is 24.7 Å². The molecule has 0 bridgehead atoms. The molecule has 3 atom stereocenters. The average Bonchev–Trinajstić information content (AvgIpc) is 2.60. The molecule has 0 spiro atoms. The van der Waals surface area contributed by atoms with E-state index < -0.39 is 23.8 Å². The molecular formula is C8H13NO4. The molecule has 0 aromatic rings. The number of quaternary nitrogens is 1. The summed E-state index contributed by atoms with van der Waals surface area (Å²) in [6, 6.07) is 0. The van der Waals surface area contributed by atoms with Crippen LogP contribution in [0.4, 0.5) is 0 Å². The van der Waals surface area contributed by atoms with Gasteiger partial charge in [0.2, 0.25) is 0 Å². The molecule has 0 aliphatic heterocycles. The third-order valence-electron chi connectivity index (χ3n) is 2.37. The molecule has 0 saturated heterocycles. The zero-order chi connectivity index (χ0) is 10.2. The number of carbonyl (C=O) groups excluding carboxylic acids is 1. The van der Waals surface area contributed by atoms with Crippen molar-refractivity contribution in [2.45, 2.75) is 0 Å². The minimum atomic E-state index is -1.24. The van der Waals surface area contributed by atoms with Crippen LogP contribution >= 0.6 is 0 Å². The van der Waals surface area contributed by atoms with Gasteiger partial charge in [-0.3, -0.25) is 4.79 Å². The van der Waals surface area contributed by atoms with Crippen LogP contribution in [-0.4, -0.2) is 37.7 Å². The number of aliphatic carboxylic acids is 2. The Labute approximate surface area is 76.0 Å². The maximum atomic E-state index is 10.6. The van der Waals surface area contributed by atoms with E-state index >= 15 is 0 Å². The second kappa shape index (κ2) is 3.33. The summed E-state index contributed by atoms with van der Waals surface area (Å²) in [6.45, 7) is 0.565. The van der Waals surface area contributed by atoms with Gasteiger partial charge in [-0.2, -0.15) is 0 Å². The zero-order valence-electron chi connectivity index (χ0n) is 7.61. The van der Waals surface area contributed by atoms with Crippen LogP contribution in [0.5, 0.6) is 0 Å². The van der Waals surface area contributed by atoms with Gasteiger partial charge in [-0.1, -0.05) is 0 Å². The number of carboxylic acid groups (broad SMARTS) is 2. The maximum absolute atomic E-state index is 10.6. The Balaban J connectivity index is 2.57. The van der Waals surface area contributed by atoms with Crippen molar-refractivity contribution in [2.24, 2.45) is 17.8 Å². The van der Waals surface area contributed by atoms with E-state index in [1.165, 1.54) is 0 Å². The summed E-state index contributed by atoms with van der Waals surface area (Å²) in [5.41, 5.74) is 0. The molecule has 74 valence electrons. The second-order valence-corrected chi connectivity index (χ2v) is 3.78. The molecule has 1 aliphatic carbocycles. The molecule has 0 heterocycles. The Morgan fingerprint density at radius 1 is 1.38 bits per heavy atom. The second-order valence-electron chi connectivity index (χ2n) is 3.78. The number of hydrogen-bond donors (Lipinski definition) is 2. The normalized spacial score (nSPS) is 31.8. The highest BCUT2D eigenvalue weighted by Gasteiger charge is 2.57. The van der Waals surface area contributed by atoms with Crippen molar-refractivity contribution in [3.05, 3.63) is 0 Å². The zero-order valence-corrected chi connectivity index (χ0v) is 7.61. The van der Waals surface area contributed by atoms with E-state index in [0.29, 0.717) is 6.54 Å². The Morgan fingerprint density at radius 2 is 1.92 bits per heavy atom. The van der Waals surface area contributed by atoms with Crippen molar-refractivity contribution >= 4 is 11.9 Å². The highest BCUT2D eigenvalue weighted by Crippen LogP contribution is 2.45. The minimum Gasteiger partial charge on any atom is -0.550 e. The maximum Gasteiger partial charge on any atom is 0.307 e. The first-order valence-corrected chi connectivity index (χ1v) is 4.18. The van der Waals surface area contributed by atoms with Crippen LogP contribution in [0, 0.1) is 17.8 Å². The fourth-order valence-electron chi connectivity index (χ4n) is 1.76. The van der Waals surface area contributed by atoms with Crippen LogP contribution in [0.25, 0.3) is 0 Å². The van der Waals surface area contributed by atoms with Gasteiger partial charge in [0, 0.05) is 17.8 Å². The van der Waals surface area contributed by atoms with Crippen molar-refractivity contribution in [3.63, 3.8) is 0 Å². The van der Waals surface area contributed by atoms with Gasteiger partial charge in [0.1, 0.15) is 0 Å². The number of carboxylic acids is 2. The van der Waals surface area contributed by atoms with Crippen molar-refractivity contribution in [1.82, 2.24) is 0 Å². The van der Waals surface area contributed by atoms with E-state index in [1.54, 1.807) is 0 Å². The lowest BCUT2D eigenvalue weighted by molar-refractivity contribution is -0.860. The van der Waals surface area contributed by atoms with E-state index in [0.717, 1.165) is 4.90 Å². The lowest BCUT2D eigenvalue weighted by atomic mass is 10.3. The van der Waals surface area contributed by atoms with E-state index in [4.69, 9.17) is 5.11 Å². The lowest BCUT2D eigenvalue weighted by Crippen LogP contribution is -3.06. The van der Waals surface area contributed by atoms with Gasteiger partial charge < -0.3 is 19.9 Å². The first kappa shape index (κ1) is 9.98. The molecule has 0 radical (unpaired) electrons. The molecule has 0 aromatic carbocycles. The van der Waals surface area contributed by atoms with Gasteiger partial charge >= 0.3 is 5.97 Å². The summed E-state index contributed by atoms with van der Waals surface area (Å²) in [4.78, 5) is 22.1. The van der Waals surface area contributed by atoms with Gasteiger partial charge in [0.25, 0.3) is 0 Å². The highest BCUT2D eigenvalue weighted by atomic mass is 16.4. The van der Waals surface area contributed by atoms with Crippen molar-refractivity contribution in [2.75, 3.05) is 20.6 Å². The van der Waals surface area contributed by atoms with Crippen LogP contribution in [0.3, 0.4) is 0 Å². The van der Waals surface area contributed by atoms with Gasteiger partial charge in [-0.15, -0.1) is 0 Å². The minimum absolute atomic E-state index is 0.257. The topological polar surface area (TPSA) is 81.9 Å². The molecule has 1 rings (SSSR count). The number of carbonyl (C=O) groups is 2. The highest BCUT2D eigenvalue weighted by molar-refractivity contribution is 5.85. The van der Waals surface area contributed by atoms with Gasteiger partial charge in [-0.05, 0) is 0 Å². The lowest BCUT2D eigenvalue weighted by Gasteiger charge is -2.05. The Bertz CT molecular complexity index is 218. The molecule has 13 heavy (non-hydrogen) atoms. The quantitative estimate of drug-likeness (QED) is 0.486. The average molecular weight is 187 g/mol. The third-order valence-corrected chi connectivity index (χ3v) is 2.37. The Morgan fingerprint density at radius 3 is 2.15 bits per heavy atom. The van der Waals surface area contributed by atoms with Gasteiger partial charge in [-0.25, -0.2) is 0 Å². The molecule has 0 unspecified atom stereocenters. The van der Waals surface area contributed by atoms with Gasteiger partial charge in [0.05, 0.1) is 26.6 Å². The monoisotopic (exact) mass is 187 g/mol. The number of rotatable bonds is 4. The van der Waals surface area contributed by atoms with Crippen molar-refractivity contribution in [3.8, 4) is 0 Å². The molecule has 0 aromatic heterocycles. The standard InChI is InChI=1S/C8H13NO4/c1-9(2)3-4-5(7(10)11)6(4)8(12)13/h4-6H,3H2,1-2H3,(H,10,11)(H,12,13)/t5-,6-/m0/s1. The third kappa shape index (κ3) is 1.98. The van der Waals surface area contributed by atoms with Crippen LogP contribution < -0.4 is 10.0 Å². The molecule has 1 aliphatic rings. The molecule has 5 heteroatoms. The fraction of sp³-hybridized carbons (Fsp3) is 0.750. The molecular weight excluding hydrogens is 174 g/mol. The van der Waals surface area contributed by atoms with E-state index in [9.17, 15) is 14.7 Å². The number of hydrogen-bond acceptors (Lipinski definition) is 3. The molecule has 1 saturated carbocycles. The van der Waals surface area contributed by atoms with E-state index in [2.05, 4.69) is 0 Å². The first-order valence-electron chi connectivity index (χ1n) is 4.18. The molecule has 0 amide bonds. The summed E-state index contributed by atoms with van der Waals surface area (Å²) >= 11 is 0. The summed E-state index contributed by atoms with van der Waals surface area (Å²) in [5, 5.41) is 19.1. The van der Waals surface area contributed by atoms with Crippen LogP contribution in [-0.2, 0) is 9.59 Å². The summed E-state index contributed by atoms with van der Waals surface area (Å²) in [5.74, 6) is -4.04. The molecule has 1 fully saturated rings. The fourth-order valence-corrected chi connectivity index (χ4v) is 1.76. The molecule has 5 nitrogen and oxygen atoms in total. The van der Waals surface area contributed by atoms with E-state index in [-0.39, 0.29) is 5.92 Å². The SMILES string of the molecule is C[NH+](C)C[C@H]1[C@H](C(=O)[O-])[C@H]1C(=O)O. The van der Waals surface area contributed by atoms with Crippen molar-refractivity contribution in [1.29, 1.82) is 0 Å².